The van der Waals surface area contributed by atoms with Gasteiger partial charge in [0.15, 0.2) is 0 Å². The molecule has 0 spiro atoms. The highest BCUT2D eigenvalue weighted by molar-refractivity contribution is 7.89. The van der Waals surface area contributed by atoms with Crippen LogP contribution < -0.4 is 14.4 Å². The Morgan fingerprint density at radius 3 is 2.32 bits per heavy atom. The van der Waals surface area contributed by atoms with Crippen LogP contribution in [0.1, 0.15) is 31.2 Å². The number of methoxy groups -OCH3 is 1. The summed E-state index contributed by atoms with van der Waals surface area (Å²) in [6, 6.07) is 15.4. The lowest BCUT2D eigenvalue weighted by Gasteiger charge is -2.45. The van der Waals surface area contributed by atoms with Crippen LogP contribution in [0.5, 0.6) is 5.75 Å². The number of anilines is 1. The Hall–Kier alpha value is -2.09. The standard InChI is InChI=1S/C24H33N3O3S/c1-19-11-13-20(14-12-19)31(28,29)25-21-7-3-4-8-22(21)26-15-17-27(18-16-26)23-9-5-6-10-24(23)30-2/h5-6,9-14,21-22,25H,3-4,7-8,15-18H2,1-2H3/t21-,22-/m0/s1. The van der Waals surface area contributed by atoms with Gasteiger partial charge in [0.05, 0.1) is 17.7 Å². The normalized spacial score (nSPS) is 23.0. The lowest BCUT2D eigenvalue weighted by Crippen LogP contribution is -2.58. The average Bonchev–Trinajstić information content (AvgIpc) is 2.79. The Labute approximate surface area is 186 Å². The second kappa shape index (κ2) is 9.59. The van der Waals surface area contributed by atoms with Crippen molar-refractivity contribution in [1.82, 2.24) is 9.62 Å². The Morgan fingerprint density at radius 2 is 1.61 bits per heavy atom. The van der Waals surface area contributed by atoms with E-state index in [4.69, 9.17) is 4.74 Å². The summed E-state index contributed by atoms with van der Waals surface area (Å²) in [7, 11) is -1.80. The minimum Gasteiger partial charge on any atom is -0.495 e. The maximum absolute atomic E-state index is 13.0. The van der Waals surface area contributed by atoms with Crippen molar-refractivity contribution in [3.8, 4) is 5.75 Å². The van der Waals surface area contributed by atoms with E-state index in [1.165, 1.54) is 0 Å². The van der Waals surface area contributed by atoms with Gasteiger partial charge in [-0.2, -0.15) is 0 Å². The molecule has 7 heteroatoms. The third-order valence-electron chi connectivity index (χ3n) is 6.58. The van der Waals surface area contributed by atoms with E-state index in [1.54, 1.807) is 19.2 Å². The molecule has 2 aromatic carbocycles. The molecule has 0 aromatic heterocycles. The Kier molecular flexibility index (Phi) is 6.84. The average molecular weight is 444 g/mol. The predicted molar refractivity (Wildman–Crippen MR) is 124 cm³/mol. The van der Waals surface area contributed by atoms with Gasteiger partial charge in [-0.3, -0.25) is 4.90 Å². The lowest BCUT2D eigenvalue weighted by molar-refractivity contribution is 0.124. The molecule has 2 atom stereocenters. The van der Waals surface area contributed by atoms with E-state index >= 15 is 0 Å². The fourth-order valence-electron chi connectivity index (χ4n) is 4.86. The Balaban J connectivity index is 1.43. The third kappa shape index (κ3) is 5.05. The molecule has 1 saturated carbocycles. The largest absolute Gasteiger partial charge is 0.495 e. The summed E-state index contributed by atoms with van der Waals surface area (Å²) >= 11 is 0. The third-order valence-corrected chi connectivity index (χ3v) is 8.08. The van der Waals surface area contributed by atoms with Crippen LogP contribution in [0.3, 0.4) is 0 Å². The first-order valence-corrected chi connectivity index (χ1v) is 12.7. The molecular weight excluding hydrogens is 410 g/mol. The second-order valence-electron chi connectivity index (χ2n) is 8.59. The van der Waals surface area contributed by atoms with Crippen molar-refractivity contribution in [3.63, 3.8) is 0 Å². The Morgan fingerprint density at radius 1 is 0.935 bits per heavy atom. The van der Waals surface area contributed by atoms with Gasteiger partial charge < -0.3 is 9.64 Å². The molecule has 0 amide bonds. The fourth-order valence-corrected chi connectivity index (χ4v) is 6.16. The first-order chi connectivity index (χ1) is 15.0. The Bertz CT molecular complexity index is 970. The van der Waals surface area contributed by atoms with Crippen molar-refractivity contribution in [2.45, 2.75) is 49.6 Å². The molecule has 1 N–H and O–H groups in total. The predicted octanol–water partition coefficient (Wildman–Crippen LogP) is 3.42. The molecule has 6 nitrogen and oxygen atoms in total. The lowest BCUT2D eigenvalue weighted by atomic mass is 9.89. The molecule has 0 radical (unpaired) electrons. The number of benzene rings is 2. The first kappa shape index (κ1) is 22.1. The van der Waals surface area contributed by atoms with Gasteiger partial charge in [-0.25, -0.2) is 13.1 Å². The van der Waals surface area contributed by atoms with Gasteiger partial charge in [-0.1, -0.05) is 42.7 Å². The van der Waals surface area contributed by atoms with E-state index in [9.17, 15) is 8.42 Å². The summed E-state index contributed by atoms with van der Waals surface area (Å²) in [5.41, 5.74) is 2.19. The zero-order chi connectivity index (χ0) is 21.8. The smallest absolute Gasteiger partial charge is 0.240 e. The van der Waals surface area contributed by atoms with Gasteiger partial charge in [-0.05, 0) is 44.0 Å². The van der Waals surface area contributed by atoms with Crippen molar-refractivity contribution < 1.29 is 13.2 Å². The SMILES string of the molecule is COc1ccccc1N1CCN([C@H]2CCCC[C@@H]2NS(=O)(=O)c2ccc(C)cc2)CC1. The van der Waals surface area contributed by atoms with Crippen molar-refractivity contribution in [2.24, 2.45) is 0 Å². The summed E-state index contributed by atoms with van der Waals surface area (Å²) in [5, 5.41) is 0. The van der Waals surface area contributed by atoms with Gasteiger partial charge >= 0.3 is 0 Å². The minimum atomic E-state index is -3.51. The number of piperazine rings is 1. The monoisotopic (exact) mass is 443 g/mol. The molecule has 31 heavy (non-hydrogen) atoms. The van der Waals surface area contributed by atoms with Crippen LogP contribution in [0.4, 0.5) is 5.69 Å². The molecular formula is C24H33N3O3S. The van der Waals surface area contributed by atoms with Crippen LogP contribution in [0, 0.1) is 6.92 Å². The summed E-state index contributed by atoms with van der Waals surface area (Å²) in [6.07, 6.45) is 4.15. The van der Waals surface area contributed by atoms with Crippen LogP contribution in [0.15, 0.2) is 53.4 Å². The summed E-state index contributed by atoms with van der Waals surface area (Å²) in [4.78, 5) is 5.19. The van der Waals surface area contributed by atoms with E-state index < -0.39 is 10.0 Å². The van der Waals surface area contributed by atoms with Crippen LogP contribution >= 0.6 is 0 Å². The van der Waals surface area contributed by atoms with Crippen molar-refractivity contribution in [2.75, 3.05) is 38.2 Å². The van der Waals surface area contributed by atoms with E-state index in [0.717, 1.165) is 68.9 Å². The molecule has 0 bridgehead atoms. The highest BCUT2D eigenvalue weighted by atomic mass is 32.2. The van der Waals surface area contributed by atoms with Crippen LogP contribution in [0.25, 0.3) is 0 Å². The van der Waals surface area contributed by atoms with Crippen LogP contribution in [0.2, 0.25) is 0 Å². The minimum absolute atomic E-state index is 0.0436. The van der Waals surface area contributed by atoms with E-state index in [1.807, 2.05) is 37.3 Å². The molecule has 2 aliphatic rings. The maximum Gasteiger partial charge on any atom is 0.240 e. The topological polar surface area (TPSA) is 61.9 Å². The van der Waals surface area contributed by atoms with Gasteiger partial charge in [0.25, 0.3) is 0 Å². The molecule has 2 aromatic rings. The van der Waals surface area contributed by atoms with Crippen LogP contribution in [-0.2, 0) is 10.0 Å². The van der Waals surface area contributed by atoms with Crippen molar-refractivity contribution in [1.29, 1.82) is 0 Å². The second-order valence-corrected chi connectivity index (χ2v) is 10.3. The maximum atomic E-state index is 13.0. The van der Waals surface area contributed by atoms with E-state index in [-0.39, 0.29) is 12.1 Å². The number of ether oxygens (including phenoxy) is 1. The highest BCUT2D eigenvalue weighted by Gasteiger charge is 2.35. The fraction of sp³-hybridized carbons (Fsp3) is 0.500. The number of nitrogens with zero attached hydrogens (tertiary/aromatic N) is 2. The molecule has 1 saturated heterocycles. The number of nitrogens with one attached hydrogen (secondary N) is 1. The van der Waals surface area contributed by atoms with E-state index in [0.29, 0.717) is 4.90 Å². The number of sulfonamides is 1. The zero-order valence-electron chi connectivity index (χ0n) is 18.5. The molecule has 0 unspecified atom stereocenters. The van der Waals surface area contributed by atoms with E-state index in [2.05, 4.69) is 20.6 Å². The molecule has 2 fully saturated rings. The number of hydrogen-bond donors (Lipinski definition) is 1. The highest BCUT2D eigenvalue weighted by Crippen LogP contribution is 2.30. The van der Waals surface area contributed by atoms with Gasteiger partial charge in [0.1, 0.15) is 5.75 Å². The summed E-state index contributed by atoms with van der Waals surface area (Å²) in [6.45, 7) is 5.63. The summed E-state index contributed by atoms with van der Waals surface area (Å²) < 4.78 is 34.6. The first-order valence-electron chi connectivity index (χ1n) is 11.2. The van der Waals surface area contributed by atoms with Gasteiger partial charge in [0, 0.05) is 38.3 Å². The molecule has 4 rings (SSSR count). The number of rotatable bonds is 6. The molecule has 1 aliphatic carbocycles. The van der Waals surface area contributed by atoms with Crippen LogP contribution in [-0.4, -0.2) is 58.7 Å². The number of hydrogen-bond acceptors (Lipinski definition) is 5. The molecule has 1 heterocycles. The molecule has 1 aliphatic heterocycles. The number of para-hydroxylation sites is 2. The molecule has 168 valence electrons. The number of aryl methyl sites for hydroxylation is 1. The van der Waals surface area contributed by atoms with Crippen molar-refractivity contribution in [3.05, 3.63) is 54.1 Å². The summed E-state index contributed by atoms with van der Waals surface area (Å²) in [5.74, 6) is 0.900. The van der Waals surface area contributed by atoms with Crippen molar-refractivity contribution >= 4 is 15.7 Å². The van der Waals surface area contributed by atoms with Gasteiger partial charge in [0.2, 0.25) is 10.0 Å². The quantitative estimate of drug-likeness (QED) is 0.741. The van der Waals surface area contributed by atoms with Gasteiger partial charge in [-0.15, -0.1) is 0 Å². The zero-order valence-corrected chi connectivity index (χ0v) is 19.3.